The maximum absolute atomic E-state index is 12.3. The van der Waals surface area contributed by atoms with Crippen molar-refractivity contribution in [1.29, 1.82) is 0 Å². The molecule has 102 valence electrons. The van der Waals surface area contributed by atoms with E-state index in [0.29, 0.717) is 26.3 Å². The van der Waals surface area contributed by atoms with Crippen LogP contribution in [0.2, 0.25) is 0 Å². The number of aromatic nitrogens is 1. The summed E-state index contributed by atoms with van der Waals surface area (Å²) in [4.78, 5) is 3.85. The van der Waals surface area contributed by atoms with Crippen LogP contribution in [0.3, 0.4) is 0 Å². The molecule has 18 heavy (non-hydrogen) atoms. The normalized spacial score (nSPS) is 11.9. The molecule has 0 aromatic carbocycles. The van der Waals surface area contributed by atoms with Crippen molar-refractivity contribution < 1.29 is 13.2 Å². The molecule has 0 spiro atoms. The zero-order chi connectivity index (χ0) is 13.6. The highest BCUT2D eigenvalue weighted by molar-refractivity contribution is 7.89. The molecular formula is C11H19N3O3S. The zero-order valence-corrected chi connectivity index (χ0v) is 11.5. The van der Waals surface area contributed by atoms with Gasteiger partial charge in [0.2, 0.25) is 0 Å². The molecule has 0 fully saturated rings. The quantitative estimate of drug-likeness (QED) is 0.739. The summed E-state index contributed by atoms with van der Waals surface area (Å²) >= 11 is 0. The van der Waals surface area contributed by atoms with Gasteiger partial charge in [-0.2, -0.15) is 4.31 Å². The van der Waals surface area contributed by atoms with Gasteiger partial charge in [0, 0.05) is 25.9 Å². The first kappa shape index (κ1) is 14.9. The number of hydrogen-bond acceptors (Lipinski definition) is 5. The third kappa shape index (κ3) is 3.41. The summed E-state index contributed by atoms with van der Waals surface area (Å²) in [6.07, 6.45) is 1.42. The van der Waals surface area contributed by atoms with E-state index in [-0.39, 0.29) is 10.7 Å². The number of sulfonamides is 1. The molecular weight excluding hydrogens is 254 g/mol. The molecule has 7 heteroatoms. The molecule has 1 aromatic heterocycles. The van der Waals surface area contributed by atoms with Gasteiger partial charge in [0.1, 0.15) is 0 Å². The maximum atomic E-state index is 12.3. The topological polar surface area (TPSA) is 85.5 Å². The Balaban J connectivity index is 2.93. The Labute approximate surface area is 108 Å². The minimum Gasteiger partial charge on any atom is -0.396 e. The van der Waals surface area contributed by atoms with Crippen LogP contribution in [0.15, 0.2) is 23.4 Å². The molecule has 0 saturated carbocycles. The van der Waals surface area contributed by atoms with E-state index in [1.165, 1.54) is 16.6 Å². The molecule has 0 saturated heterocycles. The van der Waals surface area contributed by atoms with E-state index in [1.54, 1.807) is 13.0 Å². The Kier molecular flexibility index (Phi) is 5.52. The first-order valence-electron chi connectivity index (χ1n) is 5.82. The number of rotatable bonds is 7. The third-order valence-corrected chi connectivity index (χ3v) is 4.38. The fraction of sp³-hybridized carbons (Fsp3) is 0.545. The summed E-state index contributed by atoms with van der Waals surface area (Å²) in [5, 5.41) is -0.0941. The zero-order valence-electron chi connectivity index (χ0n) is 10.7. The van der Waals surface area contributed by atoms with Crippen LogP contribution in [0.4, 0.5) is 5.69 Å². The Morgan fingerprint density at radius 2 is 2.17 bits per heavy atom. The van der Waals surface area contributed by atoms with E-state index in [9.17, 15) is 8.42 Å². The van der Waals surface area contributed by atoms with E-state index in [0.717, 1.165) is 0 Å². The molecule has 0 amide bonds. The van der Waals surface area contributed by atoms with Crippen molar-refractivity contribution in [3.8, 4) is 0 Å². The van der Waals surface area contributed by atoms with Crippen LogP contribution < -0.4 is 5.73 Å². The van der Waals surface area contributed by atoms with E-state index >= 15 is 0 Å². The molecule has 0 bridgehead atoms. The highest BCUT2D eigenvalue weighted by atomic mass is 32.2. The second-order valence-electron chi connectivity index (χ2n) is 3.59. The first-order chi connectivity index (χ1) is 8.54. The number of ether oxygens (including phenoxy) is 1. The Morgan fingerprint density at radius 3 is 2.72 bits per heavy atom. The predicted molar refractivity (Wildman–Crippen MR) is 69.6 cm³/mol. The van der Waals surface area contributed by atoms with Gasteiger partial charge in [-0.25, -0.2) is 13.4 Å². The summed E-state index contributed by atoms with van der Waals surface area (Å²) in [6, 6.07) is 3.13. The van der Waals surface area contributed by atoms with Crippen molar-refractivity contribution in [2.45, 2.75) is 18.9 Å². The smallest absolute Gasteiger partial charge is 0.262 e. The minimum absolute atomic E-state index is 0.0941. The molecule has 1 aromatic rings. The number of nitrogen functional groups attached to an aromatic ring is 1. The lowest BCUT2D eigenvalue weighted by Crippen LogP contribution is -2.34. The number of nitrogens with zero attached hydrogens (tertiary/aromatic N) is 2. The maximum Gasteiger partial charge on any atom is 0.262 e. The van der Waals surface area contributed by atoms with Crippen LogP contribution in [0, 0.1) is 0 Å². The molecule has 0 atom stereocenters. The van der Waals surface area contributed by atoms with E-state index in [1.807, 2.05) is 6.92 Å². The van der Waals surface area contributed by atoms with E-state index in [2.05, 4.69) is 4.98 Å². The standard InChI is InChI=1S/C11H19N3O3S/c1-3-14(8-9-17-4-2)18(15,16)11-10(12)6-5-7-13-11/h5-7H,3-4,8-9,12H2,1-2H3. The average Bonchev–Trinajstić information content (AvgIpc) is 2.34. The highest BCUT2D eigenvalue weighted by Gasteiger charge is 2.26. The van der Waals surface area contributed by atoms with Crippen LogP contribution in [0.5, 0.6) is 0 Å². The average molecular weight is 273 g/mol. The fourth-order valence-corrected chi connectivity index (χ4v) is 2.96. The van der Waals surface area contributed by atoms with Gasteiger partial charge in [0.15, 0.2) is 5.03 Å². The van der Waals surface area contributed by atoms with Crippen molar-refractivity contribution in [2.75, 3.05) is 32.0 Å². The second-order valence-corrected chi connectivity index (χ2v) is 5.44. The third-order valence-electron chi connectivity index (χ3n) is 2.43. The Bertz CT molecular complexity index is 476. The van der Waals surface area contributed by atoms with Gasteiger partial charge in [0.25, 0.3) is 10.0 Å². The van der Waals surface area contributed by atoms with Crippen molar-refractivity contribution >= 4 is 15.7 Å². The van der Waals surface area contributed by atoms with Crippen molar-refractivity contribution in [2.24, 2.45) is 0 Å². The van der Waals surface area contributed by atoms with Gasteiger partial charge in [-0.15, -0.1) is 0 Å². The molecule has 0 aliphatic carbocycles. The SMILES string of the molecule is CCOCCN(CC)S(=O)(=O)c1ncccc1N. The van der Waals surface area contributed by atoms with E-state index in [4.69, 9.17) is 10.5 Å². The van der Waals surface area contributed by atoms with Gasteiger partial charge in [-0.1, -0.05) is 6.92 Å². The lowest BCUT2D eigenvalue weighted by Gasteiger charge is -2.20. The Morgan fingerprint density at radius 1 is 1.44 bits per heavy atom. The summed E-state index contributed by atoms with van der Waals surface area (Å²) in [5.41, 5.74) is 5.81. The lowest BCUT2D eigenvalue weighted by molar-refractivity contribution is 0.135. The predicted octanol–water partition coefficient (Wildman–Crippen LogP) is 0.711. The molecule has 1 heterocycles. The van der Waals surface area contributed by atoms with Crippen LogP contribution in [0.25, 0.3) is 0 Å². The molecule has 0 radical (unpaired) electrons. The first-order valence-corrected chi connectivity index (χ1v) is 7.26. The summed E-state index contributed by atoms with van der Waals surface area (Å²) in [7, 11) is -3.65. The summed E-state index contributed by atoms with van der Waals surface area (Å²) in [6.45, 7) is 5.19. The molecule has 0 aliphatic heterocycles. The van der Waals surface area contributed by atoms with Crippen LogP contribution in [-0.4, -0.2) is 44.0 Å². The van der Waals surface area contributed by atoms with Gasteiger partial charge in [-0.05, 0) is 19.1 Å². The van der Waals surface area contributed by atoms with Gasteiger partial charge in [-0.3, -0.25) is 0 Å². The van der Waals surface area contributed by atoms with Crippen LogP contribution >= 0.6 is 0 Å². The minimum atomic E-state index is -3.65. The fourth-order valence-electron chi connectivity index (χ4n) is 1.50. The van der Waals surface area contributed by atoms with Gasteiger partial charge < -0.3 is 10.5 Å². The largest absolute Gasteiger partial charge is 0.396 e. The number of likely N-dealkylation sites (N-methyl/N-ethyl adjacent to an activating group) is 1. The van der Waals surface area contributed by atoms with Crippen molar-refractivity contribution in [3.63, 3.8) is 0 Å². The number of pyridine rings is 1. The lowest BCUT2D eigenvalue weighted by atomic mass is 10.4. The molecule has 0 unspecified atom stereocenters. The van der Waals surface area contributed by atoms with Crippen molar-refractivity contribution in [3.05, 3.63) is 18.3 Å². The Hall–Kier alpha value is -1.18. The van der Waals surface area contributed by atoms with Crippen LogP contribution in [-0.2, 0) is 14.8 Å². The molecule has 0 aliphatic rings. The van der Waals surface area contributed by atoms with Crippen LogP contribution in [0.1, 0.15) is 13.8 Å². The number of hydrogen-bond donors (Lipinski definition) is 1. The van der Waals surface area contributed by atoms with Gasteiger partial charge >= 0.3 is 0 Å². The molecule has 6 nitrogen and oxygen atoms in total. The molecule has 1 rings (SSSR count). The number of anilines is 1. The second kappa shape index (κ2) is 6.67. The summed E-state index contributed by atoms with van der Waals surface area (Å²) in [5.74, 6) is 0. The number of nitrogens with two attached hydrogens (primary N) is 1. The van der Waals surface area contributed by atoms with Crippen molar-refractivity contribution in [1.82, 2.24) is 9.29 Å². The van der Waals surface area contributed by atoms with E-state index < -0.39 is 10.0 Å². The monoisotopic (exact) mass is 273 g/mol. The summed E-state index contributed by atoms with van der Waals surface area (Å²) < 4.78 is 31.1. The molecule has 2 N–H and O–H groups in total. The van der Waals surface area contributed by atoms with Gasteiger partial charge in [0.05, 0.1) is 12.3 Å². The highest BCUT2D eigenvalue weighted by Crippen LogP contribution is 2.18.